The van der Waals surface area contributed by atoms with Crippen molar-refractivity contribution in [2.45, 2.75) is 25.9 Å². The number of nitrogens with zero attached hydrogens (tertiary/aromatic N) is 2. The van der Waals surface area contributed by atoms with Crippen LogP contribution in [0.4, 0.5) is 10.5 Å². The van der Waals surface area contributed by atoms with Crippen molar-refractivity contribution >= 4 is 17.6 Å². The average molecular weight is 414 g/mol. The molecule has 158 valence electrons. The van der Waals surface area contributed by atoms with E-state index in [9.17, 15) is 9.59 Å². The Morgan fingerprint density at radius 2 is 1.68 bits per heavy atom. The zero-order valence-corrected chi connectivity index (χ0v) is 17.8. The third kappa shape index (κ3) is 4.94. The smallest absolute Gasteiger partial charge is 0.317 e. The summed E-state index contributed by atoms with van der Waals surface area (Å²) in [5, 5.41) is 2.98. The van der Waals surface area contributed by atoms with Gasteiger partial charge in [-0.3, -0.25) is 4.79 Å². The summed E-state index contributed by atoms with van der Waals surface area (Å²) in [5.74, 6) is 0.179. The van der Waals surface area contributed by atoms with Crippen LogP contribution in [-0.2, 0) is 17.9 Å². The Bertz CT molecular complexity index is 1050. The standard InChI is InChI=1S/C26H27N3O2/c1-28(19-22-10-5-6-11-24(22)21-8-3-2-4-9-21)26(31)27-18-20-13-15-23(16-14-20)29-17-7-12-25(29)30/h2-6,8-11,13-16H,7,12,17-19H2,1H3,(H,27,31). The lowest BCUT2D eigenvalue weighted by molar-refractivity contribution is -0.117. The summed E-state index contributed by atoms with van der Waals surface area (Å²) in [7, 11) is 1.80. The minimum atomic E-state index is -0.123. The van der Waals surface area contributed by atoms with Gasteiger partial charge in [-0.25, -0.2) is 4.79 Å². The number of carbonyl (C=O) groups is 2. The Morgan fingerprint density at radius 1 is 0.968 bits per heavy atom. The first-order valence-electron chi connectivity index (χ1n) is 10.6. The molecule has 1 saturated heterocycles. The molecule has 0 saturated carbocycles. The van der Waals surface area contributed by atoms with Crippen molar-refractivity contribution in [3.8, 4) is 11.1 Å². The van der Waals surface area contributed by atoms with E-state index in [1.165, 1.54) is 0 Å². The molecule has 3 amide bonds. The monoisotopic (exact) mass is 413 g/mol. The van der Waals surface area contributed by atoms with Crippen molar-refractivity contribution in [1.82, 2.24) is 10.2 Å². The van der Waals surface area contributed by atoms with Gasteiger partial charge in [0.15, 0.2) is 0 Å². The Morgan fingerprint density at radius 3 is 2.39 bits per heavy atom. The molecule has 1 aliphatic rings. The van der Waals surface area contributed by atoms with Gasteiger partial charge >= 0.3 is 6.03 Å². The number of carbonyl (C=O) groups excluding carboxylic acids is 2. The summed E-state index contributed by atoms with van der Waals surface area (Å²) in [6.45, 7) is 1.74. The van der Waals surface area contributed by atoms with Crippen molar-refractivity contribution in [3.63, 3.8) is 0 Å². The van der Waals surface area contributed by atoms with Crippen LogP contribution >= 0.6 is 0 Å². The van der Waals surface area contributed by atoms with E-state index in [1.54, 1.807) is 11.9 Å². The summed E-state index contributed by atoms with van der Waals surface area (Å²) in [4.78, 5) is 28.0. The first-order valence-corrected chi connectivity index (χ1v) is 10.6. The number of hydrogen-bond acceptors (Lipinski definition) is 2. The molecule has 3 aromatic rings. The van der Waals surface area contributed by atoms with Gasteiger partial charge in [-0.05, 0) is 40.8 Å². The lowest BCUT2D eigenvalue weighted by atomic mass is 9.99. The van der Waals surface area contributed by atoms with Crippen molar-refractivity contribution < 1.29 is 9.59 Å². The van der Waals surface area contributed by atoms with E-state index < -0.39 is 0 Å². The van der Waals surface area contributed by atoms with Crippen LogP contribution in [0.5, 0.6) is 0 Å². The predicted molar refractivity (Wildman–Crippen MR) is 124 cm³/mol. The van der Waals surface area contributed by atoms with Crippen molar-refractivity contribution in [1.29, 1.82) is 0 Å². The molecule has 0 unspecified atom stereocenters. The Kier molecular flexibility index (Phi) is 6.32. The predicted octanol–water partition coefficient (Wildman–Crippen LogP) is 4.82. The number of anilines is 1. The highest BCUT2D eigenvalue weighted by atomic mass is 16.2. The third-order valence-corrected chi connectivity index (χ3v) is 5.62. The maximum absolute atomic E-state index is 12.6. The molecule has 4 rings (SSSR count). The molecule has 5 heteroatoms. The van der Waals surface area contributed by atoms with Crippen molar-refractivity contribution in [2.24, 2.45) is 0 Å². The van der Waals surface area contributed by atoms with Crippen molar-refractivity contribution in [3.05, 3.63) is 90.0 Å². The zero-order valence-electron chi connectivity index (χ0n) is 17.8. The van der Waals surface area contributed by atoms with E-state index in [4.69, 9.17) is 0 Å². The maximum Gasteiger partial charge on any atom is 0.317 e. The summed E-state index contributed by atoms with van der Waals surface area (Å²) in [6.07, 6.45) is 1.54. The third-order valence-electron chi connectivity index (χ3n) is 5.62. The lowest BCUT2D eigenvalue weighted by Crippen LogP contribution is -2.36. The summed E-state index contributed by atoms with van der Waals surface area (Å²) >= 11 is 0. The molecular weight excluding hydrogens is 386 g/mol. The van der Waals surface area contributed by atoms with Gasteiger partial charge in [0.25, 0.3) is 0 Å². The molecule has 5 nitrogen and oxygen atoms in total. The molecule has 3 aromatic carbocycles. The maximum atomic E-state index is 12.6. The van der Waals surface area contributed by atoms with Gasteiger partial charge in [-0.15, -0.1) is 0 Å². The highest BCUT2D eigenvalue weighted by Gasteiger charge is 2.21. The van der Waals surface area contributed by atoms with Crippen LogP contribution in [-0.4, -0.2) is 30.4 Å². The fraction of sp³-hybridized carbons (Fsp3) is 0.231. The number of hydrogen-bond donors (Lipinski definition) is 1. The topological polar surface area (TPSA) is 52.7 Å². The molecule has 1 N–H and O–H groups in total. The minimum absolute atomic E-state index is 0.123. The second kappa shape index (κ2) is 9.47. The largest absolute Gasteiger partial charge is 0.334 e. The highest BCUT2D eigenvalue weighted by molar-refractivity contribution is 5.95. The number of amides is 3. The number of rotatable bonds is 6. The van der Waals surface area contributed by atoms with Crippen LogP contribution in [0.2, 0.25) is 0 Å². The summed E-state index contributed by atoms with van der Waals surface area (Å²) in [5.41, 5.74) is 5.30. The first kappa shape index (κ1) is 20.7. The minimum Gasteiger partial charge on any atom is -0.334 e. The average Bonchev–Trinajstić information content (AvgIpc) is 3.24. The van der Waals surface area contributed by atoms with Crippen LogP contribution in [0.3, 0.4) is 0 Å². The second-order valence-corrected chi connectivity index (χ2v) is 7.85. The number of urea groups is 1. The SMILES string of the molecule is CN(Cc1ccccc1-c1ccccc1)C(=O)NCc1ccc(N2CCCC2=O)cc1. The molecule has 1 fully saturated rings. The fourth-order valence-corrected chi connectivity index (χ4v) is 3.91. The summed E-state index contributed by atoms with van der Waals surface area (Å²) < 4.78 is 0. The van der Waals surface area contributed by atoms with E-state index in [0.717, 1.165) is 40.9 Å². The molecule has 0 atom stereocenters. The van der Waals surface area contributed by atoms with Gasteiger partial charge in [-0.2, -0.15) is 0 Å². The van der Waals surface area contributed by atoms with Crippen LogP contribution < -0.4 is 10.2 Å². The number of benzene rings is 3. The lowest BCUT2D eigenvalue weighted by Gasteiger charge is -2.20. The molecule has 0 aromatic heterocycles. The van der Waals surface area contributed by atoms with E-state index in [2.05, 4.69) is 29.6 Å². The van der Waals surface area contributed by atoms with E-state index in [1.807, 2.05) is 59.5 Å². The van der Waals surface area contributed by atoms with Crippen LogP contribution in [0.15, 0.2) is 78.9 Å². The fourth-order valence-electron chi connectivity index (χ4n) is 3.91. The van der Waals surface area contributed by atoms with E-state index in [0.29, 0.717) is 19.5 Å². The van der Waals surface area contributed by atoms with Crippen LogP contribution in [0.1, 0.15) is 24.0 Å². The van der Waals surface area contributed by atoms with E-state index >= 15 is 0 Å². The molecule has 0 spiro atoms. The summed E-state index contributed by atoms with van der Waals surface area (Å²) in [6, 6.07) is 26.1. The molecule has 1 aliphatic heterocycles. The highest BCUT2D eigenvalue weighted by Crippen LogP contribution is 2.24. The molecule has 1 heterocycles. The van der Waals surface area contributed by atoms with Crippen molar-refractivity contribution in [2.75, 3.05) is 18.5 Å². The Labute approximate surface area is 183 Å². The zero-order chi connectivity index (χ0) is 21.6. The molecular formula is C26H27N3O2. The van der Waals surface area contributed by atoms with E-state index in [-0.39, 0.29) is 11.9 Å². The number of nitrogens with one attached hydrogen (secondary N) is 1. The van der Waals surface area contributed by atoms with Gasteiger partial charge in [0, 0.05) is 38.8 Å². The van der Waals surface area contributed by atoms with Gasteiger partial charge in [0.1, 0.15) is 0 Å². The molecule has 31 heavy (non-hydrogen) atoms. The normalized spacial score (nSPS) is 13.3. The van der Waals surface area contributed by atoms with Crippen LogP contribution in [0, 0.1) is 0 Å². The second-order valence-electron chi connectivity index (χ2n) is 7.85. The Balaban J connectivity index is 1.35. The molecule has 0 bridgehead atoms. The van der Waals surface area contributed by atoms with Gasteiger partial charge in [0.2, 0.25) is 5.91 Å². The van der Waals surface area contributed by atoms with Gasteiger partial charge < -0.3 is 15.1 Å². The van der Waals surface area contributed by atoms with Gasteiger partial charge in [0.05, 0.1) is 0 Å². The quantitative estimate of drug-likeness (QED) is 0.630. The molecule has 0 aliphatic carbocycles. The van der Waals surface area contributed by atoms with Gasteiger partial charge in [-0.1, -0.05) is 66.7 Å². The Hall–Kier alpha value is -3.60. The first-order chi connectivity index (χ1) is 15.1. The van der Waals surface area contributed by atoms with Crippen LogP contribution in [0.25, 0.3) is 11.1 Å². The molecule has 0 radical (unpaired) electrons.